The number of fused-ring (bicyclic) bond motifs is 1. The first kappa shape index (κ1) is 19.5. The van der Waals surface area contributed by atoms with E-state index in [2.05, 4.69) is 5.16 Å². The number of aromatic nitrogens is 1. The molecular weight excluding hydrogens is 397 g/mol. The third-order valence-electron chi connectivity index (χ3n) is 6.45. The van der Waals surface area contributed by atoms with E-state index in [1.807, 2.05) is 36.1 Å². The van der Waals surface area contributed by atoms with Gasteiger partial charge in [-0.25, -0.2) is 4.39 Å². The van der Waals surface area contributed by atoms with Crippen LogP contribution in [0.5, 0.6) is 0 Å². The Bertz CT molecular complexity index is 1130. The molecule has 2 aliphatic heterocycles. The highest BCUT2D eigenvalue weighted by Crippen LogP contribution is 2.46. The van der Waals surface area contributed by atoms with Crippen LogP contribution >= 0.6 is 0 Å². The predicted molar refractivity (Wildman–Crippen MR) is 111 cm³/mol. The fraction of sp³-hybridized carbons (Fsp3) is 0.292. The summed E-state index contributed by atoms with van der Waals surface area (Å²) in [5, 5.41) is 3.77. The van der Waals surface area contributed by atoms with Crippen molar-refractivity contribution in [3.05, 3.63) is 89.1 Å². The quantitative estimate of drug-likeness (QED) is 0.649. The smallest absolute Gasteiger partial charge is 0.276 e. The lowest BCUT2D eigenvalue weighted by Gasteiger charge is -2.31. The van der Waals surface area contributed by atoms with Crippen LogP contribution in [0.25, 0.3) is 0 Å². The molecule has 0 unspecified atom stereocenters. The third kappa shape index (κ3) is 3.40. The first-order valence-corrected chi connectivity index (χ1v) is 10.3. The molecule has 2 amide bonds. The minimum atomic E-state index is -0.429. The number of aryl methyl sites for hydroxylation is 1. The van der Waals surface area contributed by atoms with Crippen molar-refractivity contribution in [1.29, 1.82) is 0 Å². The van der Waals surface area contributed by atoms with Crippen molar-refractivity contribution >= 4 is 11.8 Å². The lowest BCUT2D eigenvalue weighted by molar-refractivity contribution is 0.0673. The standard InChI is InChI=1S/C24H22FN3O3/c1-15-5-2-3-8-19(15)22-20-14-27(24(30)21-9-10-31-26-21)12-17(20)13-28(22)23(29)16-6-4-7-18(25)11-16/h2-11,17,20,22H,12-14H2,1H3/t17-,20-,22+/m0/s1. The number of halogens is 1. The second kappa shape index (κ2) is 7.65. The lowest BCUT2D eigenvalue weighted by Crippen LogP contribution is -2.37. The van der Waals surface area contributed by atoms with Crippen LogP contribution < -0.4 is 0 Å². The van der Waals surface area contributed by atoms with Gasteiger partial charge in [-0.2, -0.15) is 0 Å². The molecule has 3 aromatic rings. The van der Waals surface area contributed by atoms with Crippen molar-refractivity contribution in [3.63, 3.8) is 0 Å². The van der Waals surface area contributed by atoms with Crippen molar-refractivity contribution in [2.45, 2.75) is 13.0 Å². The Balaban J connectivity index is 1.48. The molecule has 0 radical (unpaired) electrons. The van der Waals surface area contributed by atoms with Crippen molar-refractivity contribution in [2.24, 2.45) is 11.8 Å². The van der Waals surface area contributed by atoms with E-state index < -0.39 is 5.82 Å². The van der Waals surface area contributed by atoms with Gasteiger partial charge in [-0.1, -0.05) is 35.5 Å². The first-order chi connectivity index (χ1) is 15.0. The van der Waals surface area contributed by atoms with E-state index >= 15 is 0 Å². The second-order valence-electron chi connectivity index (χ2n) is 8.29. The van der Waals surface area contributed by atoms with Crippen LogP contribution in [0.1, 0.15) is 38.0 Å². The highest BCUT2D eigenvalue weighted by Gasteiger charge is 2.50. The van der Waals surface area contributed by atoms with Crippen LogP contribution in [0.15, 0.2) is 65.4 Å². The van der Waals surface area contributed by atoms with Crippen LogP contribution in [0.3, 0.4) is 0 Å². The number of carbonyl (C=O) groups excluding carboxylic acids is 2. The predicted octanol–water partition coefficient (Wildman–Crippen LogP) is 3.71. The second-order valence-corrected chi connectivity index (χ2v) is 8.29. The highest BCUT2D eigenvalue weighted by atomic mass is 19.1. The molecule has 2 aliphatic rings. The first-order valence-electron chi connectivity index (χ1n) is 10.3. The Labute approximate surface area is 179 Å². The summed E-state index contributed by atoms with van der Waals surface area (Å²) in [5.41, 5.74) is 2.79. The zero-order chi connectivity index (χ0) is 21.5. The van der Waals surface area contributed by atoms with Gasteiger partial charge in [0.05, 0.1) is 6.04 Å². The van der Waals surface area contributed by atoms with Gasteiger partial charge in [-0.05, 0) is 36.2 Å². The molecule has 2 aromatic carbocycles. The van der Waals surface area contributed by atoms with Gasteiger partial charge in [-0.15, -0.1) is 0 Å². The van der Waals surface area contributed by atoms with E-state index in [1.165, 1.54) is 18.4 Å². The maximum Gasteiger partial charge on any atom is 0.276 e. The van der Waals surface area contributed by atoms with E-state index in [4.69, 9.17) is 4.52 Å². The number of benzene rings is 2. The average molecular weight is 419 g/mol. The average Bonchev–Trinajstić information content (AvgIpc) is 3.50. The van der Waals surface area contributed by atoms with Crippen molar-refractivity contribution in [1.82, 2.24) is 15.0 Å². The molecule has 2 fully saturated rings. The van der Waals surface area contributed by atoms with Crippen molar-refractivity contribution < 1.29 is 18.5 Å². The Morgan fingerprint density at radius 3 is 2.61 bits per heavy atom. The maximum atomic E-state index is 13.8. The summed E-state index contributed by atoms with van der Waals surface area (Å²) >= 11 is 0. The SMILES string of the molecule is Cc1ccccc1[C@@H]1[C@H]2CN(C(=O)c3ccon3)C[C@H]2CN1C(=O)c1cccc(F)c1. The number of carbonyl (C=O) groups is 2. The number of nitrogens with zero attached hydrogens (tertiary/aromatic N) is 3. The third-order valence-corrected chi connectivity index (χ3v) is 6.45. The van der Waals surface area contributed by atoms with Crippen LogP contribution in [-0.2, 0) is 0 Å². The number of hydrogen-bond donors (Lipinski definition) is 0. The van der Waals surface area contributed by atoms with Gasteiger partial charge in [0.1, 0.15) is 12.1 Å². The Kier molecular flexibility index (Phi) is 4.81. The molecule has 0 spiro atoms. The fourth-order valence-electron chi connectivity index (χ4n) is 5.01. The molecule has 1 aromatic heterocycles. The number of rotatable bonds is 3. The van der Waals surface area contributed by atoms with Gasteiger partial charge >= 0.3 is 0 Å². The minimum Gasteiger partial charge on any atom is -0.364 e. The van der Waals surface area contributed by atoms with Crippen molar-refractivity contribution in [2.75, 3.05) is 19.6 Å². The van der Waals surface area contributed by atoms with Gasteiger partial charge in [0, 0.05) is 43.1 Å². The summed E-state index contributed by atoms with van der Waals surface area (Å²) in [5.74, 6) is -0.541. The Morgan fingerprint density at radius 2 is 1.87 bits per heavy atom. The Hall–Kier alpha value is -3.48. The molecule has 31 heavy (non-hydrogen) atoms. The summed E-state index contributed by atoms with van der Waals surface area (Å²) in [7, 11) is 0. The monoisotopic (exact) mass is 419 g/mol. The summed E-state index contributed by atoms with van der Waals surface area (Å²) < 4.78 is 18.6. The molecular formula is C24H22FN3O3. The minimum absolute atomic E-state index is 0.0921. The van der Waals surface area contributed by atoms with Crippen LogP contribution in [0.2, 0.25) is 0 Å². The molecule has 0 aliphatic carbocycles. The summed E-state index contributed by atoms with van der Waals surface area (Å²) in [4.78, 5) is 29.8. The molecule has 158 valence electrons. The molecule has 5 rings (SSSR count). The summed E-state index contributed by atoms with van der Waals surface area (Å²) in [6.45, 7) is 3.62. The van der Waals surface area contributed by atoms with E-state index in [9.17, 15) is 14.0 Å². The molecule has 3 heterocycles. The topological polar surface area (TPSA) is 66.7 Å². The molecule has 0 bridgehead atoms. The highest BCUT2D eigenvalue weighted by molar-refractivity contribution is 5.95. The van der Waals surface area contributed by atoms with Crippen LogP contribution in [0.4, 0.5) is 4.39 Å². The van der Waals surface area contributed by atoms with E-state index in [0.29, 0.717) is 30.9 Å². The van der Waals surface area contributed by atoms with E-state index in [-0.39, 0.29) is 29.7 Å². The van der Waals surface area contributed by atoms with Gasteiger partial charge < -0.3 is 14.3 Å². The van der Waals surface area contributed by atoms with Gasteiger partial charge in [-0.3, -0.25) is 9.59 Å². The van der Waals surface area contributed by atoms with Gasteiger partial charge in [0.25, 0.3) is 11.8 Å². The maximum absolute atomic E-state index is 13.8. The normalized spacial score (nSPS) is 22.6. The zero-order valence-electron chi connectivity index (χ0n) is 17.1. The number of amides is 2. The molecule has 0 N–H and O–H groups in total. The molecule has 2 saturated heterocycles. The summed E-state index contributed by atoms with van der Waals surface area (Å²) in [6.07, 6.45) is 1.39. The lowest BCUT2D eigenvalue weighted by atomic mass is 9.87. The largest absolute Gasteiger partial charge is 0.364 e. The van der Waals surface area contributed by atoms with Crippen molar-refractivity contribution in [3.8, 4) is 0 Å². The van der Waals surface area contributed by atoms with E-state index in [1.54, 1.807) is 23.1 Å². The van der Waals surface area contributed by atoms with Crippen LogP contribution in [-0.4, -0.2) is 46.4 Å². The van der Waals surface area contributed by atoms with Gasteiger partial charge in [0.15, 0.2) is 5.69 Å². The van der Waals surface area contributed by atoms with Crippen LogP contribution in [0, 0.1) is 24.6 Å². The number of likely N-dealkylation sites (tertiary alicyclic amines) is 2. The summed E-state index contributed by atoms with van der Waals surface area (Å²) in [6, 6.07) is 15.2. The zero-order valence-corrected chi connectivity index (χ0v) is 17.1. The fourth-order valence-corrected chi connectivity index (χ4v) is 5.01. The van der Waals surface area contributed by atoms with E-state index in [0.717, 1.165) is 11.1 Å². The molecule has 7 heteroatoms. The Morgan fingerprint density at radius 1 is 1.03 bits per heavy atom. The van der Waals surface area contributed by atoms with Gasteiger partial charge in [0.2, 0.25) is 0 Å². The molecule has 0 saturated carbocycles. The molecule has 6 nitrogen and oxygen atoms in total. The number of hydrogen-bond acceptors (Lipinski definition) is 4. The molecule has 3 atom stereocenters.